The van der Waals surface area contributed by atoms with Gasteiger partial charge in [-0.3, -0.25) is 10.1 Å². The molecule has 6 nitrogen and oxygen atoms in total. The average Bonchev–Trinajstić information content (AvgIpc) is 2.69. The molecule has 0 saturated heterocycles. The quantitative estimate of drug-likeness (QED) is 0.630. The minimum atomic E-state index is -1.22. The molecule has 0 fully saturated rings. The number of hydrogen-bond donors (Lipinski definition) is 1. The smallest absolute Gasteiger partial charge is 0.311 e. The third-order valence-corrected chi connectivity index (χ3v) is 2.56. The van der Waals surface area contributed by atoms with E-state index < -0.39 is 16.5 Å². The SMILES string of the molecule is Cc1cc([N+](=O)[O-])c(O)c(C2(C)OC=CO2)c1. The molecule has 0 saturated carbocycles. The zero-order valence-corrected chi connectivity index (χ0v) is 9.34. The molecule has 0 atom stereocenters. The van der Waals surface area contributed by atoms with Crippen molar-refractivity contribution in [3.05, 3.63) is 45.9 Å². The second kappa shape index (κ2) is 3.65. The highest BCUT2D eigenvalue weighted by atomic mass is 16.7. The number of phenolic OH excluding ortho intramolecular Hbond substituents is 1. The fourth-order valence-corrected chi connectivity index (χ4v) is 1.72. The number of nitrogens with zero attached hydrogens (tertiary/aromatic N) is 1. The minimum absolute atomic E-state index is 0.231. The number of rotatable bonds is 2. The number of nitro groups is 1. The fraction of sp³-hybridized carbons (Fsp3) is 0.273. The van der Waals surface area contributed by atoms with E-state index in [2.05, 4.69) is 0 Å². The molecule has 0 aliphatic carbocycles. The van der Waals surface area contributed by atoms with E-state index in [0.29, 0.717) is 5.56 Å². The van der Waals surface area contributed by atoms with Crippen LogP contribution >= 0.6 is 0 Å². The van der Waals surface area contributed by atoms with Crippen LogP contribution in [0.15, 0.2) is 24.7 Å². The second-order valence-corrected chi connectivity index (χ2v) is 3.89. The highest BCUT2D eigenvalue weighted by Crippen LogP contribution is 2.41. The maximum Gasteiger partial charge on any atom is 0.311 e. The van der Waals surface area contributed by atoms with Gasteiger partial charge in [0.15, 0.2) is 0 Å². The van der Waals surface area contributed by atoms with E-state index in [-0.39, 0.29) is 11.3 Å². The Kier molecular flexibility index (Phi) is 2.42. The summed E-state index contributed by atoms with van der Waals surface area (Å²) in [5, 5.41) is 20.7. The first-order chi connectivity index (χ1) is 7.94. The Morgan fingerprint density at radius 2 is 1.94 bits per heavy atom. The highest BCUT2D eigenvalue weighted by Gasteiger charge is 2.37. The monoisotopic (exact) mass is 237 g/mol. The van der Waals surface area contributed by atoms with Gasteiger partial charge < -0.3 is 14.6 Å². The minimum Gasteiger partial charge on any atom is -0.502 e. The maximum absolute atomic E-state index is 10.8. The average molecular weight is 237 g/mol. The summed E-state index contributed by atoms with van der Waals surface area (Å²) in [7, 11) is 0. The first kappa shape index (κ1) is 11.3. The topological polar surface area (TPSA) is 81.8 Å². The van der Waals surface area contributed by atoms with Gasteiger partial charge in [0.25, 0.3) is 5.79 Å². The molecule has 1 aliphatic heterocycles. The number of hydrogen-bond acceptors (Lipinski definition) is 5. The molecule has 0 spiro atoms. The molecule has 17 heavy (non-hydrogen) atoms. The Hall–Kier alpha value is -2.24. The Morgan fingerprint density at radius 1 is 1.35 bits per heavy atom. The van der Waals surface area contributed by atoms with E-state index in [4.69, 9.17) is 9.47 Å². The summed E-state index contributed by atoms with van der Waals surface area (Å²) in [5.41, 5.74) is 0.513. The van der Waals surface area contributed by atoms with Crippen LogP contribution in [0.5, 0.6) is 5.75 Å². The Balaban J connectivity index is 2.58. The van der Waals surface area contributed by atoms with Gasteiger partial charge in [-0.05, 0) is 18.6 Å². The molecule has 2 rings (SSSR count). The van der Waals surface area contributed by atoms with Crippen molar-refractivity contribution in [3.63, 3.8) is 0 Å². The van der Waals surface area contributed by atoms with E-state index in [1.54, 1.807) is 19.9 Å². The fourth-order valence-electron chi connectivity index (χ4n) is 1.72. The molecule has 0 radical (unpaired) electrons. The van der Waals surface area contributed by atoms with Crippen molar-refractivity contribution in [2.45, 2.75) is 19.6 Å². The number of ether oxygens (including phenoxy) is 2. The summed E-state index contributed by atoms with van der Waals surface area (Å²) in [6.45, 7) is 3.27. The van der Waals surface area contributed by atoms with Gasteiger partial charge in [0.1, 0.15) is 12.5 Å². The lowest BCUT2D eigenvalue weighted by atomic mass is 10.0. The van der Waals surface area contributed by atoms with Crippen LogP contribution < -0.4 is 0 Å². The molecular formula is C11H11NO5. The summed E-state index contributed by atoms with van der Waals surface area (Å²) in [6.07, 6.45) is 2.65. The van der Waals surface area contributed by atoms with Crippen molar-refractivity contribution >= 4 is 5.69 Å². The number of aryl methyl sites for hydroxylation is 1. The van der Waals surface area contributed by atoms with Gasteiger partial charge in [0.05, 0.1) is 10.5 Å². The van der Waals surface area contributed by atoms with E-state index in [1.807, 2.05) is 0 Å². The summed E-state index contributed by atoms with van der Waals surface area (Å²) >= 11 is 0. The van der Waals surface area contributed by atoms with E-state index in [1.165, 1.54) is 18.6 Å². The van der Waals surface area contributed by atoms with Crippen LogP contribution in [0, 0.1) is 17.0 Å². The lowest BCUT2D eigenvalue weighted by Gasteiger charge is -2.24. The molecule has 0 unspecified atom stereocenters. The van der Waals surface area contributed by atoms with Crippen LogP contribution in [0.3, 0.4) is 0 Å². The summed E-state index contributed by atoms with van der Waals surface area (Å²) in [6, 6.07) is 2.89. The maximum atomic E-state index is 10.8. The lowest BCUT2D eigenvalue weighted by Crippen LogP contribution is -2.22. The Labute approximate surface area is 97.2 Å². The number of nitro benzene ring substituents is 1. The zero-order chi connectivity index (χ0) is 12.6. The van der Waals surface area contributed by atoms with Crippen LogP contribution in [-0.4, -0.2) is 10.0 Å². The standard InChI is InChI=1S/C11H11NO5/c1-7-5-8(11(2)16-3-4-17-11)10(13)9(6-7)12(14)15/h3-6,13H,1-2H3. The van der Waals surface area contributed by atoms with Gasteiger partial charge in [-0.15, -0.1) is 0 Å². The van der Waals surface area contributed by atoms with Crippen LogP contribution in [-0.2, 0) is 15.3 Å². The van der Waals surface area contributed by atoms with Crippen LogP contribution in [0.1, 0.15) is 18.1 Å². The molecule has 0 bridgehead atoms. The molecule has 1 aromatic rings. The summed E-state index contributed by atoms with van der Waals surface area (Å²) in [4.78, 5) is 10.2. The summed E-state index contributed by atoms with van der Waals surface area (Å²) < 4.78 is 10.4. The third-order valence-electron chi connectivity index (χ3n) is 2.56. The predicted molar refractivity (Wildman–Crippen MR) is 58.2 cm³/mol. The first-order valence-electron chi connectivity index (χ1n) is 4.93. The van der Waals surface area contributed by atoms with Crippen LogP contribution in [0.4, 0.5) is 5.69 Å². The van der Waals surface area contributed by atoms with Crippen molar-refractivity contribution in [3.8, 4) is 5.75 Å². The Morgan fingerprint density at radius 3 is 2.47 bits per heavy atom. The molecule has 1 heterocycles. The van der Waals surface area contributed by atoms with Crippen LogP contribution in [0.2, 0.25) is 0 Å². The van der Waals surface area contributed by atoms with Gasteiger partial charge in [0, 0.05) is 13.0 Å². The molecule has 90 valence electrons. The van der Waals surface area contributed by atoms with Crippen LogP contribution in [0.25, 0.3) is 0 Å². The van der Waals surface area contributed by atoms with Crippen molar-refractivity contribution in [2.75, 3.05) is 0 Å². The van der Waals surface area contributed by atoms with Gasteiger partial charge in [0.2, 0.25) is 5.75 Å². The molecule has 0 aromatic heterocycles. The largest absolute Gasteiger partial charge is 0.502 e. The van der Waals surface area contributed by atoms with Crippen molar-refractivity contribution in [1.29, 1.82) is 0 Å². The van der Waals surface area contributed by atoms with Crippen molar-refractivity contribution < 1.29 is 19.5 Å². The summed E-state index contributed by atoms with van der Waals surface area (Å²) in [5.74, 6) is -1.66. The number of benzene rings is 1. The molecule has 1 aliphatic rings. The van der Waals surface area contributed by atoms with Gasteiger partial charge in [-0.25, -0.2) is 0 Å². The number of aromatic hydroxyl groups is 1. The van der Waals surface area contributed by atoms with Crippen molar-refractivity contribution in [2.24, 2.45) is 0 Å². The highest BCUT2D eigenvalue weighted by molar-refractivity contribution is 5.54. The van der Waals surface area contributed by atoms with E-state index in [0.717, 1.165) is 0 Å². The lowest BCUT2D eigenvalue weighted by molar-refractivity contribution is -0.386. The molecule has 0 amide bonds. The molecule has 1 N–H and O–H groups in total. The van der Waals surface area contributed by atoms with E-state index in [9.17, 15) is 15.2 Å². The van der Waals surface area contributed by atoms with Gasteiger partial charge in [-0.2, -0.15) is 0 Å². The molecule has 1 aromatic carbocycles. The molecular weight excluding hydrogens is 226 g/mol. The van der Waals surface area contributed by atoms with Crippen molar-refractivity contribution in [1.82, 2.24) is 0 Å². The number of phenols is 1. The third kappa shape index (κ3) is 1.77. The Bertz CT molecular complexity index is 501. The van der Waals surface area contributed by atoms with Gasteiger partial charge >= 0.3 is 5.69 Å². The zero-order valence-electron chi connectivity index (χ0n) is 9.34. The molecule has 6 heteroatoms. The van der Waals surface area contributed by atoms with E-state index >= 15 is 0 Å². The normalized spacial score (nSPS) is 16.4. The van der Waals surface area contributed by atoms with Gasteiger partial charge in [-0.1, -0.05) is 0 Å². The first-order valence-corrected chi connectivity index (χ1v) is 4.93. The predicted octanol–water partition coefficient (Wildman–Crippen LogP) is 2.30. The second-order valence-electron chi connectivity index (χ2n) is 3.89.